The van der Waals surface area contributed by atoms with Gasteiger partial charge in [-0.25, -0.2) is 4.79 Å². The van der Waals surface area contributed by atoms with E-state index in [0.717, 1.165) is 19.2 Å². The van der Waals surface area contributed by atoms with Gasteiger partial charge in [-0.15, -0.1) is 0 Å². The van der Waals surface area contributed by atoms with Crippen molar-refractivity contribution in [3.8, 4) is 0 Å². The number of halogens is 3. The second-order valence-electron chi connectivity index (χ2n) is 9.84. The van der Waals surface area contributed by atoms with Gasteiger partial charge in [0.15, 0.2) is 5.78 Å². The maximum atomic E-state index is 14.5. The van der Waals surface area contributed by atoms with E-state index in [-0.39, 0.29) is 29.1 Å². The molecule has 216 valence electrons. The molecule has 2 heterocycles. The molecule has 0 saturated carbocycles. The van der Waals surface area contributed by atoms with Gasteiger partial charge in [0.25, 0.3) is 0 Å². The van der Waals surface area contributed by atoms with Gasteiger partial charge in [-0.3, -0.25) is 19.5 Å². The normalized spacial score (nSPS) is 20.7. The summed E-state index contributed by atoms with van der Waals surface area (Å²) in [5.74, 6) is -5.34. The van der Waals surface area contributed by atoms with E-state index in [9.17, 15) is 27.6 Å². The molecule has 8 nitrogen and oxygen atoms in total. The zero-order chi connectivity index (χ0) is 30.2. The summed E-state index contributed by atoms with van der Waals surface area (Å²) >= 11 is 0. The Bertz CT molecular complexity index is 1590. The van der Waals surface area contributed by atoms with Crippen molar-refractivity contribution in [3.63, 3.8) is 0 Å². The Morgan fingerprint density at radius 3 is 2.19 bits per heavy atom. The number of methoxy groups -OCH3 is 2. The van der Waals surface area contributed by atoms with Crippen molar-refractivity contribution in [2.24, 2.45) is 11.7 Å². The average molecular weight is 578 g/mol. The minimum atomic E-state index is -4.58. The summed E-state index contributed by atoms with van der Waals surface area (Å²) in [6.45, 7) is 0. The summed E-state index contributed by atoms with van der Waals surface area (Å²) in [4.78, 5) is 46.5. The average Bonchev–Trinajstić information content (AvgIpc) is 3.00. The number of benzene rings is 2. The number of allylic oxidation sites excluding steroid dienone is 2. The Hall–Kier alpha value is -4.93. The Balaban J connectivity index is 1.80. The standard InChI is InChI=1S/C31H26F3N3O5/c1-41-29(39)24-21(17-7-4-3-5-8-17)15-22-25(27(24)38)23(18-9-6-14-36-16-18)26(30(40)42-2)28(35)37(22)20-12-10-19(11-13-20)31(32,33)34/h3-14,16,21,23-24H,15,35H2,1-2H3. The molecule has 0 radical (unpaired) electrons. The molecule has 5 rings (SSSR count). The van der Waals surface area contributed by atoms with Gasteiger partial charge in [-0.1, -0.05) is 36.4 Å². The highest BCUT2D eigenvalue weighted by Crippen LogP contribution is 2.51. The van der Waals surface area contributed by atoms with Crippen LogP contribution in [0.1, 0.15) is 34.9 Å². The van der Waals surface area contributed by atoms with E-state index < -0.39 is 47.2 Å². The fourth-order valence-electron chi connectivity index (χ4n) is 5.72. The summed E-state index contributed by atoms with van der Waals surface area (Å²) < 4.78 is 50.3. The Morgan fingerprint density at radius 2 is 1.62 bits per heavy atom. The number of carbonyl (C=O) groups is 3. The molecule has 0 bridgehead atoms. The third-order valence-corrected chi connectivity index (χ3v) is 7.60. The number of anilines is 1. The first-order valence-electron chi connectivity index (χ1n) is 12.9. The minimum absolute atomic E-state index is 0.0811. The van der Waals surface area contributed by atoms with E-state index in [0.29, 0.717) is 16.8 Å². The fraction of sp³-hybridized carbons (Fsp3) is 0.226. The van der Waals surface area contributed by atoms with Crippen LogP contribution in [-0.2, 0) is 30.0 Å². The smallest absolute Gasteiger partial charge is 0.416 e. The lowest BCUT2D eigenvalue weighted by molar-refractivity contribution is -0.150. The van der Waals surface area contributed by atoms with E-state index in [2.05, 4.69) is 4.98 Å². The molecule has 42 heavy (non-hydrogen) atoms. The van der Waals surface area contributed by atoms with Crippen LogP contribution in [0.3, 0.4) is 0 Å². The molecule has 3 aromatic rings. The molecule has 3 atom stereocenters. The number of ketones is 1. The lowest BCUT2D eigenvalue weighted by Gasteiger charge is -2.44. The number of alkyl halides is 3. The number of nitrogens with two attached hydrogens (primary N) is 1. The lowest BCUT2D eigenvalue weighted by Crippen LogP contribution is -2.46. The highest BCUT2D eigenvalue weighted by Gasteiger charge is 2.51. The van der Waals surface area contributed by atoms with Crippen molar-refractivity contribution in [3.05, 3.63) is 118 Å². The summed E-state index contributed by atoms with van der Waals surface area (Å²) in [7, 11) is 2.34. The van der Waals surface area contributed by atoms with Crippen LogP contribution >= 0.6 is 0 Å². The minimum Gasteiger partial charge on any atom is -0.468 e. The van der Waals surface area contributed by atoms with E-state index in [1.54, 1.807) is 42.5 Å². The number of rotatable bonds is 5. The summed E-state index contributed by atoms with van der Waals surface area (Å²) in [6, 6.07) is 16.4. The van der Waals surface area contributed by atoms with Crippen molar-refractivity contribution in [1.82, 2.24) is 4.98 Å². The van der Waals surface area contributed by atoms with Gasteiger partial charge in [0, 0.05) is 35.3 Å². The Labute approximate surface area is 239 Å². The first-order chi connectivity index (χ1) is 20.1. The highest BCUT2D eigenvalue weighted by atomic mass is 19.4. The zero-order valence-electron chi connectivity index (χ0n) is 22.6. The predicted octanol–water partition coefficient (Wildman–Crippen LogP) is 4.85. The topological polar surface area (TPSA) is 112 Å². The quantitative estimate of drug-likeness (QED) is 0.339. The maximum absolute atomic E-state index is 14.5. The highest BCUT2D eigenvalue weighted by molar-refractivity contribution is 6.14. The van der Waals surface area contributed by atoms with Gasteiger partial charge in [0.05, 0.1) is 31.3 Å². The van der Waals surface area contributed by atoms with Gasteiger partial charge in [-0.2, -0.15) is 13.2 Å². The van der Waals surface area contributed by atoms with Crippen LogP contribution in [0.2, 0.25) is 0 Å². The zero-order valence-corrected chi connectivity index (χ0v) is 22.6. The van der Waals surface area contributed by atoms with Gasteiger partial charge in [0.2, 0.25) is 0 Å². The molecule has 0 spiro atoms. The first kappa shape index (κ1) is 28.6. The number of hydrogen-bond acceptors (Lipinski definition) is 8. The molecule has 3 unspecified atom stereocenters. The van der Waals surface area contributed by atoms with E-state index in [4.69, 9.17) is 15.2 Å². The molecule has 2 N–H and O–H groups in total. The van der Waals surface area contributed by atoms with Crippen LogP contribution in [0.25, 0.3) is 0 Å². The molecule has 2 aromatic carbocycles. The number of aromatic nitrogens is 1. The third kappa shape index (κ3) is 4.91. The van der Waals surface area contributed by atoms with Crippen LogP contribution < -0.4 is 10.6 Å². The van der Waals surface area contributed by atoms with Gasteiger partial charge in [0.1, 0.15) is 11.7 Å². The number of carbonyl (C=O) groups excluding carboxylic acids is 3. The monoisotopic (exact) mass is 577 g/mol. The molecule has 0 saturated heterocycles. The second-order valence-corrected chi connectivity index (χ2v) is 9.84. The largest absolute Gasteiger partial charge is 0.468 e. The van der Waals surface area contributed by atoms with Crippen molar-refractivity contribution in [2.45, 2.75) is 24.4 Å². The van der Waals surface area contributed by atoms with Gasteiger partial charge >= 0.3 is 18.1 Å². The summed E-state index contributed by atoms with van der Waals surface area (Å²) in [5, 5.41) is 0. The van der Waals surface area contributed by atoms with Gasteiger partial charge < -0.3 is 15.2 Å². The van der Waals surface area contributed by atoms with E-state index >= 15 is 0 Å². The van der Waals surface area contributed by atoms with Crippen LogP contribution in [0.15, 0.2) is 102 Å². The number of Topliss-reactive ketones (excluding diaryl/α,β-unsaturated/α-hetero) is 1. The second kappa shape index (κ2) is 11.2. The van der Waals surface area contributed by atoms with Crippen LogP contribution in [0.5, 0.6) is 0 Å². The molecule has 1 aliphatic carbocycles. The predicted molar refractivity (Wildman–Crippen MR) is 145 cm³/mol. The number of pyridine rings is 1. The molecule has 0 fully saturated rings. The summed E-state index contributed by atoms with van der Waals surface area (Å²) in [6.07, 6.45) is -1.51. The molecule has 11 heteroatoms. The van der Waals surface area contributed by atoms with Crippen LogP contribution in [-0.4, -0.2) is 36.9 Å². The number of hydrogen-bond donors (Lipinski definition) is 1. The van der Waals surface area contributed by atoms with Crippen molar-refractivity contribution in [2.75, 3.05) is 19.1 Å². The van der Waals surface area contributed by atoms with E-state index in [1.165, 1.54) is 36.5 Å². The lowest BCUT2D eigenvalue weighted by atomic mass is 9.67. The van der Waals surface area contributed by atoms with Crippen LogP contribution in [0, 0.1) is 5.92 Å². The molecular formula is C31H26F3N3O5. The maximum Gasteiger partial charge on any atom is 0.416 e. The molecule has 0 amide bonds. The Kier molecular flexibility index (Phi) is 7.59. The third-order valence-electron chi connectivity index (χ3n) is 7.60. The molecular weight excluding hydrogens is 551 g/mol. The number of nitrogens with zero attached hydrogens (tertiary/aromatic N) is 2. The van der Waals surface area contributed by atoms with Crippen molar-refractivity contribution < 1.29 is 37.0 Å². The summed E-state index contributed by atoms with van der Waals surface area (Å²) in [5.41, 5.74) is 7.41. The number of ether oxygens (including phenoxy) is 2. The molecule has 1 aromatic heterocycles. The van der Waals surface area contributed by atoms with E-state index in [1.807, 2.05) is 0 Å². The number of esters is 2. The van der Waals surface area contributed by atoms with Gasteiger partial charge in [-0.05, 0) is 47.9 Å². The first-order valence-corrected chi connectivity index (χ1v) is 12.9. The van der Waals surface area contributed by atoms with Crippen LogP contribution in [0.4, 0.5) is 18.9 Å². The van der Waals surface area contributed by atoms with Crippen molar-refractivity contribution in [1.29, 1.82) is 0 Å². The molecule has 2 aliphatic rings. The fourth-order valence-corrected chi connectivity index (χ4v) is 5.72. The molecule has 1 aliphatic heterocycles. The Morgan fingerprint density at radius 1 is 0.952 bits per heavy atom. The SMILES string of the molecule is COC(=O)C1=C(N)N(c2ccc(C(F)(F)F)cc2)C2=C(C(=O)C(C(=O)OC)C(c3ccccc3)C2)C1c1cccnc1. The van der Waals surface area contributed by atoms with Crippen molar-refractivity contribution >= 4 is 23.4 Å².